The van der Waals surface area contributed by atoms with E-state index in [4.69, 9.17) is 9.47 Å². The first-order chi connectivity index (χ1) is 11.1. The highest BCUT2D eigenvalue weighted by Gasteiger charge is 2.38. The largest absolute Gasteiger partial charge is 0.393 e. The predicted molar refractivity (Wildman–Crippen MR) is 101 cm³/mol. The average Bonchev–Trinajstić information content (AvgIpc) is 2.45. The Kier molecular flexibility index (Phi) is 8.72. The molecular formula is C21H42O3. The fourth-order valence-corrected chi connectivity index (χ4v) is 4.46. The van der Waals surface area contributed by atoms with Gasteiger partial charge in [0.2, 0.25) is 0 Å². The summed E-state index contributed by atoms with van der Waals surface area (Å²) in [7, 11) is 0. The number of aliphatic hydroxyl groups is 1. The van der Waals surface area contributed by atoms with Crippen molar-refractivity contribution in [2.45, 2.75) is 111 Å². The molecule has 2 unspecified atom stereocenters. The minimum atomic E-state index is -0.136. The van der Waals surface area contributed by atoms with Gasteiger partial charge in [-0.25, -0.2) is 0 Å². The molecule has 3 heteroatoms. The fraction of sp³-hybridized carbons (Fsp3) is 1.00. The zero-order valence-corrected chi connectivity index (χ0v) is 17.2. The third kappa shape index (κ3) is 7.01. The van der Waals surface area contributed by atoms with Gasteiger partial charge in [0.15, 0.2) is 6.29 Å². The van der Waals surface area contributed by atoms with Crippen molar-refractivity contribution in [2.75, 3.05) is 6.61 Å². The molecular weight excluding hydrogens is 300 g/mol. The zero-order chi connectivity index (χ0) is 18.4. The molecule has 24 heavy (non-hydrogen) atoms. The Labute approximate surface area is 150 Å². The van der Waals surface area contributed by atoms with E-state index in [0.29, 0.717) is 23.9 Å². The first-order valence-corrected chi connectivity index (χ1v) is 10.1. The van der Waals surface area contributed by atoms with Gasteiger partial charge in [0.25, 0.3) is 0 Å². The summed E-state index contributed by atoms with van der Waals surface area (Å²) in [6.45, 7) is 16.1. The Balaban J connectivity index is 2.40. The number of hydrogen-bond acceptors (Lipinski definition) is 3. The van der Waals surface area contributed by atoms with Crippen molar-refractivity contribution in [2.24, 2.45) is 17.3 Å². The van der Waals surface area contributed by atoms with Crippen molar-refractivity contribution >= 4 is 0 Å². The minimum absolute atomic E-state index is 0.0919. The van der Waals surface area contributed by atoms with E-state index < -0.39 is 0 Å². The maximum Gasteiger partial charge on any atom is 0.155 e. The lowest BCUT2D eigenvalue weighted by molar-refractivity contribution is -0.191. The van der Waals surface area contributed by atoms with Gasteiger partial charge in [0.1, 0.15) is 0 Å². The van der Waals surface area contributed by atoms with Crippen molar-refractivity contribution in [1.82, 2.24) is 0 Å². The van der Waals surface area contributed by atoms with Crippen LogP contribution in [0.15, 0.2) is 0 Å². The van der Waals surface area contributed by atoms with Crippen LogP contribution in [0.1, 0.15) is 93.4 Å². The Morgan fingerprint density at radius 2 is 1.92 bits per heavy atom. The average molecular weight is 343 g/mol. The fourth-order valence-electron chi connectivity index (χ4n) is 4.46. The first-order valence-electron chi connectivity index (χ1n) is 10.1. The Morgan fingerprint density at radius 3 is 2.50 bits per heavy atom. The lowest BCUT2D eigenvalue weighted by Gasteiger charge is -2.44. The Hall–Kier alpha value is -0.120. The topological polar surface area (TPSA) is 38.7 Å². The van der Waals surface area contributed by atoms with Crippen LogP contribution in [0.4, 0.5) is 0 Å². The van der Waals surface area contributed by atoms with Crippen molar-refractivity contribution < 1.29 is 14.6 Å². The Morgan fingerprint density at radius 1 is 1.25 bits per heavy atom. The smallest absolute Gasteiger partial charge is 0.155 e. The molecule has 5 atom stereocenters. The van der Waals surface area contributed by atoms with E-state index in [1.807, 2.05) is 13.8 Å². The van der Waals surface area contributed by atoms with E-state index in [0.717, 1.165) is 19.3 Å². The second-order valence-electron chi connectivity index (χ2n) is 8.96. The van der Waals surface area contributed by atoms with E-state index in [2.05, 4.69) is 34.6 Å². The van der Waals surface area contributed by atoms with Gasteiger partial charge in [-0.15, -0.1) is 0 Å². The highest BCUT2D eigenvalue weighted by atomic mass is 16.7. The van der Waals surface area contributed by atoms with Gasteiger partial charge in [-0.1, -0.05) is 40.0 Å². The van der Waals surface area contributed by atoms with Crippen LogP contribution in [0, 0.1) is 17.3 Å². The summed E-state index contributed by atoms with van der Waals surface area (Å²) in [5.74, 6) is 1.33. The molecule has 0 spiro atoms. The molecule has 1 aliphatic rings. The van der Waals surface area contributed by atoms with Crippen molar-refractivity contribution in [3.63, 3.8) is 0 Å². The van der Waals surface area contributed by atoms with Gasteiger partial charge in [0.05, 0.1) is 11.7 Å². The summed E-state index contributed by atoms with van der Waals surface area (Å²) >= 11 is 0. The van der Waals surface area contributed by atoms with Gasteiger partial charge in [-0.3, -0.25) is 0 Å². The van der Waals surface area contributed by atoms with Crippen LogP contribution in [-0.2, 0) is 9.47 Å². The molecule has 0 amide bonds. The monoisotopic (exact) mass is 342 g/mol. The minimum Gasteiger partial charge on any atom is -0.393 e. The molecule has 0 radical (unpaired) electrons. The van der Waals surface area contributed by atoms with Gasteiger partial charge < -0.3 is 14.6 Å². The molecule has 0 aromatic carbocycles. The molecule has 1 rings (SSSR count). The third-order valence-corrected chi connectivity index (χ3v) is 6.26. The molecule has 0 aliphatic heterocycles. The van der Waals surface area contributed by atoms with Crippen LogP contribution in [0.2, 0.25) is 0 Å². The van der Waals surface area contributed by atoms with E-state index in [1.54, 1.807) is 0 Å². The van der Waals surface area contributed by atoms with Crippen molar-refractivity contribution in [3.05, 3.63) is 0 Å². The van der Waals surface area contributed by atoms with Crippen LogP contribution in [-0.4, -0.2) is 29.7 Å². The predicted octanol–water partition coefficient (Wildman–Crippen LogP) is 5.55. The van der Waals surface area contributed by atoms with Gasteiger partial charge >= 0.3 is 0 Å². The summed E-state index contributed by atoms with van der Waals surface area (Å²) in [6, 6.07) is 0. The van der Waals surface area contributed by atoms with E-state index >= 15 is 0 Å². The summed E-state index contributed by atoms with van der Waals surface area (Å²) in [6.07, 6.45) is 7.62. The van der Waals surface area contributed by atoms with Gasteiger partial charge in [-0.2, -0.15) is 0 Å². The van der Waals surface area contributed by atoms with E-state index in [1.165, 1.54) is 25.7 Å². The summed E-state index contributed by atoms with van der Waals surface area (Å²) < 4.78 is 11.5. The van der Waals surface area contributed by atoms with Crippen LogP contribution in [0.25, 0.3) is 0 Å². The molecule has 3 nitrogen and oxygen atoms in total. The van der Waals surface area contributed by atoms with Crippen LogP contribution in [0.5, 0.6) is 0 Å². The standard InChI is InChI=1S/C21H42O3/c1-8-23-18(4)24-20(5,6)13-9-11-16(2)17(3)21(7)14-10-12-19(22)15-21/h16-19,22H,8-15H2,1-7H3/t16-,17-,18?,19?,21-/m0/s1. The molecule has 1 saturated carbocycles. The second kappa shape index (κ2) is 9.54. The molecule has 0 bridgehead atoms. The highest BCUT2D eigenvalue weighted by Crippen LogP contribution is 2.46. The van der Waals surface area contributed by atoms with Crippen LogP contribution in [0.3, 0.4) is 0 Å². The molecule has 1 N–H and O–H groups in total. The van der Waals surface area contributed by atoms with Crippen molar-refractivity contribution in [3.8, 4) is 0 Å². The molecule has 0 heterocycles. The zero-order valence-electron chi connectivity index (χ0n) is 17.2. The van der Waals surface area contributed by atoms with Crippen LogP contribution >= 0.6 is 0 Å². The molecule has 0 aromatic heterocycles. The summed E-state index contributed by atoms with van der Waals surface area (Å²) in [5.41, 5.74) is 0.162. The number of ether oxygens (including phenoxy) is 2. The van der Waals surface area contributed by atoms with Crippen molar-refractivity contribution in [1.29, 1.82) is 0 Å². The van der Waals surface area contributed by atoms with Crippen LogP contribution < -0.4 is 0 Å². The highest BCUT2D eigenvalue weighted by molar-refractivity contribution is 4.88. The number of aliphatic hydroxyl groups excluding tert-OH is 1. The normalized spacial score (nSPS) is 29.2. The molecule has 1 fully saturated rings. The first kappa shape index (κ1) is 21.9. The number of hydrogen-bond donors (Lipinski definition) is 1. The quantitative estimate of drug-likeness (QED) is 0.529. The maximum atomic E-state index is 10.1. The second-order valence-corrected chi connectivity index (χ2v) is 8.96. The van der Waals surface area contributed by atoms with Gasteiger partial charge in [-0.05, 0) is 70.6 Å². The lowest BCUT2D eigenvalue weighted by atomic mass is 9.63. The lowest BCUT2D eigenvalue weighted by Crippen LogP contribution is -2.37. The van der Waals surface area contributed by atoms with Gasteiger partial charge in [0, 0.05) is 6.61 Å². The SMILES string of the molecule is CCOC(C)OC(C)(C)CCC[C@H](C)[C@H](C)[C@@]1(C)CCCC(O)C1. The molecule has 144 valence electrons. The molecule has 1 aliphatic carbocycles. The summed E-state index contributed by atoms with van der Waals surface area (Å²) in [5, 5.41) is 10.1. The van der Waals surface area contributed by atoms with E-state index in [9.17, 15) is 5.11 Å². The summed E-state index contributed by atoms with van der Waals surface area (Å²) in [4.78, 5) is 0. The van der Waals surface area contributed by atoms with E-state index in [-0.39, 0.29) is 18.0 Å². The maximum absolute atomic E-state index is 10.1. The molecule has 0 aromatic rings. The Bertz CT molecular complexity index is 355. The molecule has 0 saturated heterocycles. The number of rotatable bonds is 10. The third-order valence-electron chi connectivity index (χ3n) is 6.26.